The van der Waals surface area contributed by atoms with Gasteiger partial charge in [0.15, 0.2) is 0 Å². The van der Waals surface area contributed by atoms with Crippen molar-refractivity contribution >= 4 is 11.9 Å². The highest BCUT2D eigenvalue weighted by Crippen LogP contribution is 2.44. The summed E-state index contributed by atoms with van der Waals surface area (Å²) in [5.74, 6) is 6.06. The van der Waals surface area contributed by atoms with Crippen LogP contribution in [0.3, 0.4) is 0 Å². The van der Waals surface area contributed by atoms with Gasteiger partial charge in [-0.1, -0.05) is 54.5 Å². The molecule has 1 aromatic heterocycles. The Balaban J connectivity index is 1.36. The first-order chi connectivity index (χ1) is 13.2. The highest BCUT2D eigenvalue weighted by molar-refractivity contribution is 5.79. The predicted molar refractivity (Wildman–Crippen MR) is 103 cm³/mol. The molecule has 4 N–H and O–H groups in total. The van der Waals surface area contributed by atoms with E-state index in [-0.39, 0.29) is 19.1 Å². The lowest BCUT2D eigenvalue weighted by atomic mass is 9.98. The monoisotopic (exact) mass is 358 g/mol. The number of benzene rings is 2. The third-order valence-electron chi connectivity index (χ3n) is 4.49. The number of aromatic amines is 1. The first-order valence-electron chi connectivity index (χ1n) is 8.61. The number of nitrogens with zero attached hydrogens (tertiary/aromatic N) is 1. The summed E-state index contributed by atoms with van der Waals surface area (Å²) in [6.45, 7) is 0.458. The summed E-state index contributed by atoms with van der Waals surface area (Å²) in [6.07, 6.45) is -0.490. The van der Waals surface area contributed by atoms with Crippen LogP contribution in [-0.4, -0.2) is 29.4 Å². The highest BCUT2D eigenvalue weighted by atomic mass is 16.5. The molecular weight excluding hydrogens is 340 g/mol. The average molecular weight is 358 g/mol. The Kier molecular flexibility index (Phi) is 4.50. The molecule has 1 aliphatic rings. The SMILES string of the molecule is Nc1cc(C#CCNC(=O)OCC2c3ccccc3-c3ccccc32)[nH]n1. The average Bonchev–Trinajstić information content (AvgIpc) is 3.25. The van der Waals surface area contributed by atoms with Crippen molar-refractivity contribution in [1.29, 1.82) is 0 Å². The van der Waals surface area contributed by atoms with Gasteiger partial charge in [0, 0.05) is 12.0 Å². The molecule has 1 amide bonds. The lowest BCUT2D eigenvalue weighted by molar-refractivity contribution is 0.144. The van der Waals surface area contributed by atoms with Crippen LogP contribution in [0.4, 0.5) is 10.6 Å². The minimum Gasteiger partial charge on any atom is -0.449 e. The van der Waals surface area contributed by atoms with E-state index in [9.17, 15) is 4.79 Å². The van der Waals surface area contributed by atoms with Crippen LogP contribution in [0.25, 0.3) is 11.1 Å². The molecule has 27 heavy (non-hydrogen) atoms. The van der Waals surface area contributed by atoms with E-state index in [0.29, 0.717) is 11.5 Å². The fourth-order valence-electron chi connectivity index (χ4n) is 3.31. The number of carbonyl (C=O) groups is 1. The van der Waals surface area contributed by atoms with Crippen LogP contribution in [0.1, 0.15) is 22.7 Å². The lowest BCUT2D eigenvalue weighted by Gasteiger charge is -2.14. The normalized spacial score (nSPS) is 11.9. The molecule has 0 fully saturated rings. The topological polar surface area (TPSA) is 93.0 Å². The second kappa shape index (κ2) is 7.26. The number of aromatic nitrogens is 2. The summed E-state index contributed by atoms with van der Waals surface area (Å²) in [6, 6.07) is 18.1. The maximum Gasteiger partial charge on any atom is 0.407 e. The number of rotatable bonds is 3. The van der Waals surface area contributed by atoms with Crippen molar-refractivity contribution in [2.24, 2.45) is 0 Å². The Morgan fingerprint density at radius 3 is 2.44 bits per heavy atom. The summed E-state index contributed by atoms with van der Waals surface area (Å²) in [5.41, 5.74) is 10.9. The minimum atomic E-state index is -0.490. The Morgan fingerprint density at radius 1 is 1.15 bits per heavy atom. The van der Waals surface area contributed by atoms with Crippen molar-refractivity contribution < 1.29 is 9.53 Å². The van der Waals surface area contributed by atoms with Gasteiger partial charge >= 0.3 is 6.09 Å². The van der Waals surface area contributed by atoms with E-state index >= 15 is 0 Å². The maximum atomic E-state index is 12.0. The molecule has 0 aliphatic heterocycles. The number of nitrogens with two attached hydrogens (primary N) is 1. The Labute approximate surface area is 156 Å². The fourth-order valence-corrected chi connectivity index (χ4v) is 3.31. The van der Waals surface area contributed by atoms with E-state index in [1.54, 1.807) is 6.07 Å². The molecule has 0 radical (unpaired) electrons. The van der Waals surface area contributed by atoms with Gasteiger partial charge in [-0.2, -0.15) is 5.10 Å². The van der Waals surface area contributed by atoms with Gasteiger partial charge in [0.2, 0.25) is 0 Å². The number of carbonyl (C=O) groups excluding carboxylic acids is 1. The number of fused-ring (bicyclic) bond motifs is 3. The van der Waals surface area contributed by atoms with Crippen LogP contribution >= 0.6 is 0 Å². The number of anilines is 1. The largest absolute Gasteiger partial charge is 0.449 e. The standard InChI is InChI=1S/C21H18N4O2/c22-20-12-14(24-25-20)6-5-11-23-21(26)27-13-19-17-9-3-1-7-15(17)16-8-2-4-10-18(16)19/h1-4,7-10,12,19H,11,13H2,(H,23,26)(H3,22,24,25). The number of alkyl carbamates (subject to hydrolysis) is 1. The van der Waals surface area contributed by atoms with Crippen LogP contribution in [0.2, 0.25) is 0 Å². The predicted octanol–water partition coefficient (Wildman–Crippen LogP) is 2.88. The molecule has 1 aliphatic carbocycles. The molecular formula is C21H18N4O2. The molecule has 3 aromatic rings. The molecule has 4 rings (SSSR count). The van der Waals surface area contributed by atoms with E-state index in [0.717, 1.165) is 0 Å². The van der Waals surface area contributed by atoms with Gasteiger partial charge in [-0.15, -0.1) is 0 Å². The number of ether oxygens (including phenoxy) is 1. The van der Waals surface area contributed by atoms with Gasteiger partial charge in [-0.05, 0) is 28.2 Å². The molecule has 0 spiro atoms. The van der Waals surface area contributed by atoms with Gasteiger partial charge in [-0.25, -0.2) is 4.79 Å². The molecule has 0 atom stereocenters. The second-order valence-corrected chi connectivity index (χ2v) is 6.19. The Bertz CT molecular complexity index is 1000. The number of hydrogen-bond donors (Lipinski definition) is 3. The molecule has 0 saturated heterocycles. The number of nitrogens with one attached hydrogen (secondary N) is 2. The molecule has 1 heterocycles. The molecule has 0 saturated carbocycles. The van der Waals surface area contributed by atoms with E-state index in [1.165, 1.54) is 22.3 Å². The molecule has 134 valence electrons. The third kappa shape index (κ3) is 3.48. The maximum absolute atomic E-state index is 12.0. The fraction of sp³-hybridized carbons (Fsp3) is 0.143. The summed E-state index contributed by atoms with van der Waals surface area (Å²) in [4.78, 5) is 12.0. The van der Waals surface area contributed by atoms with E-state index < -0.39 is 6.09 Å². The van der Waals surface area contributed by atoms with Crippen LogP contribution in [0.15, 0.2) is 54.6 Å². The van der Waals surface area contributed by atoms with Gasteiger partial charge in [-0.3, -0.25) is 5.10 Å². The van der Waals surface area contributed by atoms with Crippen molar-refractivity contribution in [2.45, 2.75) is 5.92 Å². The zero-order chi connectivity index (χ0) is 18.6. The van der Waals surface area contributed by atoms with Crippen LogP contribution in [-0.2, 0) is 4.74 Å². The quantitative estimate of drug-likeness (QED) is 0.628. The summed E-state index contributed by atoms with van der Waals surface area (Å²) in [5, 5.41) is 9.09. The van der Waals surface area contributed by atoms with Crippen molar-refractivity contribution in [3.05, 3.63) is 71.4 Å². The molecule has 0 bridgehead atoms. The van der Waals surface area contributed by atoms with Crippen molar-refractivity contribution in [3.63, 3.8) is 0 Å². The number of amides is 1. The summed E-state index contributed by atoms with van der Waals surface area (Å²) in [7, 11) is 0. The lowest BCUT2D eigenvalue weighted by Crippen LogP contribution is -2.26. The van der Waals surface area contributed by atoms with E-state index in [1.807, 2.05) is 24.3 Å². The van der Waals surface area contributed by atoms with Crippen LogP contribution in [0.5, 0.6) is 0 Å². The van der Waals surface area contributed by atoms with Crippen molar-refractivity contribution in [3.8, 4) is 23.0 Å². The molecule has 2 aromatic carbocycles. The first-order valence-corrected chi connectivity index (χ1v) is 8.61. The van der Waals surface area contributed by atoms with Gasteiger partial charge in [0.25, 0.3) is 0 Å². The van der Waals surface area contributed by atoms with E-state index in [2.05, 4.69) is 51.6 Å². The van der Waals surface area contributed by atoms with Gasteiger partial charge in [0.05, 0.1) is 6.54 Å². The summed E-state index contributed by atoms with van der Waals surface area (Å²) >= 11 is 0. The van der Waals surface area contributed by atoms with Crippen LogP contribution < -0.4 is 11.1 Å². The third-order valence-corrected chi connectivity index (χ3v) is 4.49. The van der Waals surface area contributed by atoms with Crippen molar-refractivity contribution in [2.75, 3.05) is 18.9 Å². The number of H-pyrrole nitrogens is 1. The molecule has 6 heteroatoms. The van der Waals surface area contributed by atoms with Gasteiger partial charge in [0.1, 0.15) is 18.1 Å². The zero-order valence-electron chi connectivity index (χ0n) is 14.5. The number of nitrogen functional groups attached to an aromatic ring is 1. The molecule has 6 nitrogen and oxygen atoms in total. The minimum absolute atomic E-state index is 0.0437. The second-order valence-electron chi connectivity index (χ2n) is 6.19. The first kappa shape index (κ1) is 16.7. The Hall–Kier alpha value is -3.72. The zero-order valence-corrected chi connectivity index (χ0v) is 14.5. The molecule has 0 unspecified atom stereocenters. The van der Waals surface area contributed by atoms with Gasteiger partial charge < -0.3 is 15.8 Å². The van der Waals surface area contributed by atoms with E-state index in [4.69, 9.17) is 10.5 Å². The van der Waals surface area contributed by atoms with Crippen molar-refractivity contribution in [1.82, 2.24) is 15.5 Å². The highest BCUT2D eigenvalue weighted by Gasteiger charge is 2.28. The Morgan fingerprint density at radius 2 is 1.81 bits per heavy atom. The van der Waals surface area contributed by atoms with Crippen LogP contribution in [0, 0.1) is 11.8 Å². The number of hydrogen-bond acceptors (Lipinski definition) is 4. The summed E-state index contributed by atoms with van der Waals surface area (Å²) < 4.78 is 5.44. The smallest absolute Gasteiger partial charge is 0.407 e.